The van der Waals surface area contributed by atoms with Crippen LogP contribution in [0.3, 0.4) is 0 Å². The van der Waals surface area contributed by atoms with Crippen molar-refractivity contribution in [3.8, 4) is 5.75 Å². The summed E-state index contributed by atoms with van der Waals surface area (Å²) in [5, 5.41) is 6.25. The summed E-state index contributed by atoms with van der Waals surface area (Å²) in [6, 6.07) is 22.0. The lowest BCUT2D eigenvalue weighted by molar-refractivity contribution is -0.124. The lowest BCUT2D eigenvalue weighted by Gasteiger charge is -2.33. The highest BCUT2D eigenvalue weighted by atomic mass is 16.5. The van der Waals surface area contributed by atoms with E-state index in [0.29, 0.717) is 17.0 Å². The first-order valence-corrected chi connectivity index (χ1v) is 11.1. The number of carbonyl (C=O) groups is 3. The summed E-state index contributed by atoms with van der Waals surface area (Å²) in [6.07, 6.45) is 1.70. The minimum Gasteiger partial charge on any atom is -0.497 e. The van der Waals surface area contributed by atoms with Gasteiger partial charge in [-0.15, -0.1) is 0 Å². The highest BCUT2D eigenvalue weighted by Gasteiger charge is 2.65. The normalized spacial score (nSPS) is 24.6. The van der Waals surface area contributed by atoms with Gasteiger partial charge in [0.15, 0.2) is 5.78 Å². The molecule has 2 amide bonds. The number of benzene rings is 3. The number of hydrazone groups is 1. The second kappa shape index (κ2) is 7.66. The van der Waals surface area contributed by atoms with Crippen molar-refractivity contribution in [1.29, 1.82) is 0 Å². The van der Waals surface area contributed by atoms with Crippen molar-refractivity contribution in [2.45, 2.75) is 12.1 Å². The molecule has 0 spiro atoms. The van der Waals surface area contributed by atoms with Gasteiger partial charge in [-0.25, -0.2) is 4.90 Å². The lowest BCUT2D eigenvalue weighted by Crippen LogP contribution is -2.44. The van der Waals surface area contributed by atoms with Gasteiger partial charge in [0.2, 0.25) is 11.8 Å². The summed E-state index contributed by atoms with van der Waals surface area (Å²) < 4.78 is 5.21. The molecule has 34 heavy (non-hydrogen) atoms. The van der Waals surface area contributed by atoms with Crippen LogP contribution in [0.5, 0.6) is 5.75 Å². The average molecular weight is 451 g/mol. The number of fused-ring (bicyclic) bond motifs is 5. The van der Waals surface area contributed by atoms with Gasteiger partial charge in [0.25, 0.3) is 0 Å². The molecule has 0 unspecified atom stereocenters. The third-order valence-corrected chi connectivity index (χ3v) is 6.95. The predicted molar refractivity (Wildman–Crippen MR) is 126 cm³/mol. The number of para-hydroxylation sites is 1. The molecule has 168 valence electrons. The first-order chi connectivity index (χ1) is 16.6. The summed E-state index contributed by atoms with van der Waals surface area (Å²) in [5.74, 6) is -1.82. The molecule has 3 aliphatic heterocycles. The second-order valence-electron chi connectivity index (χ2n) is 8.63. The van der Waals surface area contributed by atoms with Gasteiger partial charge in [0.1, 0.15) is 11.8 Å². The van der Waals surface area contributed by atoms with Crippen LogP contribution in [0.2, 0.25) is 0 Å². The fourth-order valence-electron chi connectivity index (χ4n) is 5.43. The Labute approximate surface area is 196 Å². The Morgan fingerprint density at radius 3 is 2.26 bits per heavy atom. The van der Waals surface area contributed by atoms with E-state index in [9.17, 15) is 14.4 Å². The summed E-state index contributed by atoms with van der Waals surface area (Å²) in [6.45, 7) is 0. The molecule has 0 saturated carbocycles. The summed E-state index contributed by atoms with van der Waals surface area (Å²) in [7, 11) is 1.56. The number of hydrogen-bond acceptors (Lipinski definition) is 6. The molecular formula is C27H21N3O4. The molecule has 0 aliphatic carbocycles. The van der Waals surface area contributed by atoms with Crippen molar-refractivity contribution in [2.24, 2.45) is 16.9 Å². The van der Waals surface area contributed by atoms with Gasteiger partial charge in [0.05, 0.1) is 36.9 Å². The van der Waals surface area contributed by atoms with E-state index in [2.05, 4.69) is 5.10 Å². The van der Waals surface area contributed by atoms with Crippen LogP contribution in [0.25, 0.3) is 0 Å². The molecule has 7 heteroatoms. The molecule has 7 nitrogen and oxygen atoms in total. The number of ketones is 1. The highest BCUT2D eigenvalue weighted by molar-refractivity contribution is 6.24. The zero-order valence-electron chi connectivity index (χ0n) is 18.4. The van der Waals surface area contributed by atoms with E-state index in [4.69, 9.17) is 4.74 Å². The molecule has 0 aromatic heterocycles. The first-order valence-electron chi connectivity index (χ1n) is 11.1. The Balaban J connectivity index is 1.48. The number of rotatable bonds is 4. The molecule has 3 aromatic carbocycles. The molecule has 2 fully saturated rings. The Morgan fingerprint density at radius 1 is 0.853 bits per heavy atom. The van der Waals surface area contributed by atoms with Gasteiger partial charge in [0, 0.05) is 5.56 Å². The quantitative estimate of drug-likeness (QED) is 0.448. The van der Waals surface area contributed by atoms with Crippen LogP contribution in [0, 0.1) is 11.8 Å². The monoisotopic (exact) mass is 451 g/mol. The lowest BCUT2D eigenvalue weighted by atomic mass is 9.83. The first kappa shape index (κ1) is 20.4. The SMILES string of the molecule is COc1ccc(C(=O)[C@H]2[C@H]3C(=O)N(c4ccccc4)C(=O)[C@H]3[C@H]3c4ccccc4C=NN32)cc1. The predicted octanol–water partition coefficient (Wildman–Crippen LogP) is 3.46. The third-order valence-electron chi connectivity index (χ3n) is 6.95. The molecular weight excluding hydrogens is 430 g/mol. The van der Waals surface area contributed by atoms with E-state index in [-0.39, 0.29) is 17.6 Å². The zero-order chi connectivity index (χ0) is 23.4. The minimum absolute atomic E-state index is 0.243. The fraction of sp³-hybridized carbons (Fsp3) is 0.185. The molecule has 0 bridgehead atoms. The smallest absolute Gasteiger partial charge is 0.240 e. The molecule has 2 saturated heterocycles. The van der Waals surface area contributed by atoms with Gasteiger partial charge in [-0.3, -0.25) is 19.4 Å². The Kier molecular flexibility index (Phi) is 4.58. The Bertz CT molecular complexity index is 1340. The number of hydrogen-bond donors (Lipinski definition) is 0. The van der Waals surface area contributed by atoms with Crippen molar-refractivity contribution in [3.63, 3.8) is 0 Å². The molecule has 4 atom stereocenters. The zero-order valence-corrected chi connectivity index (χ0v) is 18.4. The molecule has 0 radical (unpaired) electrons. The van der Waals surface area contributed by atoms with Gasteiger partial charge in [-0.05, 0) is 47.5 Å². The van der Waals surface area contributed by atoms with Gasteiger partial charge in [-0.2, -0.15) is 5.10 Å². The van der Waals surface area contributed by atoms with Gasteiger partial charge < -0.3 is 4.74 Å². The second-order valence-corrected chi connectivity index (χ2v) is 8.63. The van der Waals surface area contributed by atoms with Gasteiger partial charge >= 0.3 is 0 Å². The Hall–Kier alpha value is -4.26. The minimum atomic E-state index is -0.891. The van der Waals surface area contributed by atoms with Crippen molar-refractivity contribution in [3.05, 3.63) is 95.6 Å². The van der Waals surface area contributed by atoms with Crippen molar-refractivity contribution >= 4 is 29.5 Å². The van der Waals surface area contributed by atoms with Gasteiger partial charge in [-0.1, -0.05) is 42.5 Å². The number of imide groups is 1. The van der Waals surface area contributed by atoms with Crippen LogP contribution in [-0.2, 0) is 9.59 Å². The highest BCUT2D eigenvalue weighted by Crippen LogP contribution is 2.53. The number of ether oxygens (including phenoxy) is 1. The van der Waals surface area contributed by atoms with Crippen molar-refractivity contribution < 1.29 is 19.1 Å². The largest absolute Gasteiger partial charge is 0.497 e. The molecule has 3 aliphatic rings. The van der Waals surface area contributed by atoms with Crippen LogP contribution < -0.4 is 9.64 Å². The number of nitrogens with zero attached hydrogens (tertiary/aromatic N) is 3. The molecule has 0 N–H and O–H groups in total. The summed E-state index contributed by atoms with van der Waals surface area (Å²) in [4.78, 5) is 42.6. The Morgan fingerprint density at radius 2 is 1.53 bits per heavy atom. The maximum Gasteiger partial charge on any atom is 0.240 e. The molecule has 3 heterocycles. The van der Waals surface area contributed by atoms with Crippen molar-refractivity contribution in [1.82, 2.24) is 5.01 Å². The van der Waals surface area contributed by atoms with E-state index < -0.39 is 23.9 Å². The van der Waals surface area contributed by atoms with E-state index >= 15 is 0 Å². The third kappa shape index (κ3) is 2.83. The number of methoxy groups -OCH3 is 1. The van der Waals surface area contributed by atoms with E-state index in [1.165, 1.54) is 4.90 Å². The maximum absolute atomic E-state index is 13.8. The summed E-state index contributed by atoms with van der Waals surface area (Å²) >= 11 is 0. The number of carbonyl (C=O) groups excluding carboxylic acids is 3. The molecule has 3 aromatic rings. The maximum atomic E-state index is 13.8. The summed E-state index contributed by atoms with van der Waals surface area (Å²) in [5.41, 5.74) is 2.74. The van der Waals surface area contributed by atoms with Crippen LogP contribution in [-0.4, -0.2) is 42.0 Å². The molecule has 6 rings (SSSR count). The number of anilines is 1. The van der Waals surface area contributed by atoms with Crippen LogP contribution in [0.1, 0.15) is 27.5 Å². The standard InChI is InChI=1S/C27H21N3O4/c1-34-19-13-11-16(12-14-19)25(31)24-22-21(23-20-10-6-5-7-17(20)15-28-30(23)24)26(32)29(27(22)33)18-8-3-2-4-9-18/h2-15,21-24H,1H3/t21-,22+,23-,24-/m1/s1. The van der Waals surface area contributed by atoms with E-state index in [1.807, 2.05) is 30.3 Å². The van der Waals surface area contributed by atoms with Crippen LogP contribution in [0.15, 0.2) is 84.0 Å². The van der Waals surface area contributed by atoms with E-state index in [0.717, 1.165) is 11.1 Å². The van der Waals surface area contributed by atoms with Crippen molar-refractivity contribution in [2.75, 3.05) is 12.0 Å². The van der Waals surface area contributed by atoms with E-state index in [1.54, 1.807) is 66.9 Å². The number of Topliss-reactive ketones (excluding diaryl/α,β-unsaturated/α-hetero) is 1. The topological polar surface area (TPSA) is 79.3 Å². The average Bonchev–Trinajstić information content (AvgIpc) is 3.36. The number of amides is 2. The fourth-order valence-corrected chi connectivity index (χ4v) is 5.43. The van der Waals surface area contributed by atoms with Crippen LogP contribution >= 0.6 is 0 Å². The van der Waals surface area contributed by atoms with Crippen LogP contribution in [0.4, 0.5) is 5.69 Å².